The predicted octanol–water partition coefficient (Wildman–Crippen LogP) is 2.39. The van der Waals surface area contributed by atoms with Gasteiger partial charge in [-0.2, -0.15) is 0 Å². The summed E-state index contributed by atoms with van der Waals surface area (Å²) in [5, 5.41) is 2.07. The fourth-order valence-corrected chi connectivity index (χ4v) is 1.27. The molecule has 0 saturated carbocycles. The molecule has 0 aliphatic rings. The van der Waals surface area contributed by atoms with Crippen LogP contribution < -0.4 is 11.1 Å². The van der Waals surface area contributed by atoms with E-state index in [4.69, 9.17) is 10.2 Å². The van der Waals surface area contributed by atoms with Gasteiger partial charge >= 0.3 is 0 Å². The summed E-state index contributed by atoms with van der Waals surface area (Å²) in [5.74, 6) is -2.57. The Morgan fingerprint density at radius 3 is 2.35 bits per heavy atom. The monoisotopic (exact) mass is 238 g/mol. The van der Waals surface area contributed by atoms with Gasteiger partial charge in [-0.1, -0.05) is 6.07 Å². The van der Waals surface area contributed by atoms with Crippen molar-refractivity contribution in [2.75, 3.05) is 11.1 Å². The molecule has 88 valence electrons. The van der Waals surface area contributed by atoms with E-state index in [9.17, 15) is 13.6 Å². The summed E-state index contributed by atoms with van der Waals surface area (Å²) in [7, 11) is 0. The molecule has 1 amide bonds. The molecule has 0 aliphatic heterocycles. The van der Waals surface area contributed by atoms with Crippen LogP contribution in [0.5, 0.6) is 0 Å². The lowest BCUT2D eigenvalue weighted by Gasteiger charge is -2.05. The van der Waals surface area contributed by atoms with Crippen LogP contribution in [-0.2, 0) is 0 Å². The Kier molecular flexibility index (Phi) is 2.78. The van der Waals surface area contributed by atoms with Crippen molar-refractivity contribution < 1.29 is 18.0 Å². The molecule has 0 atom stereocenters. The molecule has 0 saturated heterocycles. The van der Waals surface area contributed by atoms with Gasteiger partial charge in [0.05, 0.1) is 0 Å². The zero-order valence-corrected chi connectivity index (χ0v) is 8.54. The fourth-order valence-electron chi connectivity index (χ4n) is 1.27. The maximum Gasteiger partial charge on any atom is 0.291 e. The van der Waals surface area contributed by atoms with Gasteiger partial charge in [0, 0.05) is 6.07 Å². The number of anilines is 2. The number of rotatable bonds is 2. The number of nitrogens with one attached hydrogen (secondary N) is 1. The summed E-state index contributed by atoms with van der Waals surface area (Å²) in [6.45, 7) is 0. The Bertz CT molecular complexity index is 546. The smallest absolute Gasteiger partial charge is 0.291 e. The second kappa shape index (κ2) is 4.25. The molecule has 0 aliphatic carbocycles. The summed E-state index contributed by atoms with van der Waals surface area (Å²) in [4.78, 5) is 11.5. The van der Waals surface area contributed by atoms with Gasteiger partial charge < -0.3 is 15.5 Å². The zero-order chi connectivity index (χ0) is 12.4. The third-order valence-electron chi connectivity index (χ3n) is 2.05. The molecule has 1 heterocycles. The van der Waals surface area contributed by atoms with Crippen molar-refractivity contribution in [1.82, 2.24) is 0 Å². The van der Waals surface area contributed by atoms with E-state index in [2.05, 4.69) is 5.32 Å². The number of furan rings is 1. The summed E-state index contributed by atoms with van der Waals surface area (Å²) in [6, 6.07) is 5.95. The Labute approximate surface area is 95.0 Å². The predicted molar refractivity (Wildman–Crippen MR) is 57.4 cm³/mol. The van der Waals surface area contributed by atoms with Gasteiger partial charge in [0.2, 0.25) is 0 Å². The van der Waals surface area contributed by atoms with Crippen LogP contribution in [0, 0.1) is 11.6 Å². The van der Waals surface area contributed by atoms with Gasteiger partial charge in [0.1, 0.15) is 17.3 Å². The van der Waals surface area contributed by atoms with Crippen LogP contribution in [0.15, 0.2) is 34.7 Å². The highest BCUT2D eigenvalue weighted by atomic mass is 19.1. The Morgan fingerprint density at radius 1 is 1.18 bits per heavy atom. The van der Waals surface area contributed by atoms with E-state index in [1.54, 1.807) is 0 Å². The maximum atomic E-state index is 13.2. The average Bonchev–Trinajstić information content (AvgIpc) is 2.70. The first kappa shape index (κ1) is 11.1. The number of nitrogens with two attached hydrogens (primary N) is 1. The number of amides is 1. The first-order chi connectivity index (χ1) is 8.08. The molecule has 3 N–H and O–H groups in total. The van der Waals surface area contributed by atoms with E-state index in [1.807, 2.05) is 0 Å². The number of halogens is 2. The number of para-hydroxylation sites is 1. The van der Waals surface area contributed by atoms with Crippen LogP contribution in [0.25, 0.3) is 0 Å². The molecule has 0 spiro atoms. The van der Waals surface area contributed by atoms with Gasteiger partial charge in [-0.15, -0.1) is 0 Å². The van der Waals surface area contributed by atoms with E-state index < -0.39 is 23.2 Å². The van der Waals surface area contributed by atoms with E-state index in [-0.39, 0.29) is 11.6 Å². The van der Waals surface area contributed by atoms with Crippen LogP contribution in [0.2, 0.25) is 0 Å². The molecule has 2 rings (SSSR count). The molecule has 2 aromatic rings. The number of hydrogen-bond acceptors (Lipinski definition) is 3. The molecule has 1 aromatic carbocycles. The normalized spacial score (nSPS) is 10.2. The van der Waals surface area contributed by atoms with Crippen LogP contribution in [-0.4, -0.2) is 5.91 Å². The van der Waals surface area contributed by atoms with Crippen LogP contribution in [0.1, 0.15) is 10.6 Å². The minimum atomic E-state index is -0.863. The highest BCUT2D eigenvalue weighted by molar-refractivity contribution is 6.02. The van der Waals surface area contributed by atoms with Gasteiger partial charge in [-0.25, -0.2) is 8.78 Å². The maximum absolute atomic E-state index is 13.2. The average molecular weight is 238 g/mol. The van der Waals surface area contributed by atoms with Gasteiger partial charge in [-0.3, -0.25) is 4.79 Å². The van der Waals surface area contributed by atoms with E-state index in [1.165, 1.54) is 18.2 Å². The van der Waals surface area contributed by atoms with Crippen molar-refractivity contribution in [2.24, 2.45) is 0 Å². The lowest BCUT2D eigenvalue weighted by Crippen LogP contribution is -2.13. The van der Waals surface area contributed by atoms with Gasteiger partial charge in [-0.05, 0) is 18.2 Å². The standard InChI is InChI=1S/C11H8F2N2O2/c12-6-2-1-3-7(13)10(6)15-11(16)8-4-5-9(14)17-8/h1-5H,14H2,(H,15,16). The van der Waals surface area contributed by atoms with Crippen LogP contribution >= 0.6 is 0 Å². The highest BCUT2D eigenvalue weighted by Gasteiger charge is 2.15. The molecule has 6 heteroatoms. The second-order valence-corrected chi connectivity index (χ2v) is 3.25. The van der Waals surface area contributed by atoms with Crippen molar-refractivity contribution >= 4 is 17.5 Å². The molecule has 0 bridgehead atoms. The minimum Gasteiger partial charge on any atom is -0.436 e. The zero-order valence-electron chi connectivity index (χ0n) is 8.54. The van der Waals surface area contributed by atoms with Crippen LogP contribution in [0.3, 0.4) is 0 Å². The van der Waals surface area contributed by atoms with Gasteiger partial charge in [0.25, 0.3) is 5.91 Å². The molecular weight excluding hydrogens is 230 g/mol. The topological polar surface area (TPSA) is 68.3 Å². The third-order valence-corrected chi connectivity index (χ3v) is 2.05. The van der Waals surface area contributed by atoms with Crippen LogP contribution in [0.4, 0.5) is 20.4 Å². The second-order valence-electron chi connectivity index (χ2n) is 3.25. The van der Waals surface area contributed by atoms with E-state index in [0.29, 0.717) is 0 Å². The lowest BCUT2D eigenvalue weighted by atomic mass is 10.3. The molecule has 0 fully saturated rings. The van der Waals surface area contributed by atoms with Crippen molar-refractivity contribution in [3.8, 4) is 0 Å². The number of nitrogen functional groups attached to an aromatic ring is 1. The Balaban J connectivity index is 2.24. The molecule has 0 unspecified atom stereocenters. The van der Waals surface area contributed by atoms with Crippen molar-refractivity contribution in [1.29, 1.82) is 0 Å². The molecule has 4 nitrogen and oxygen atoms in total. The Morgan fingerprint density at radius 2 is 1.82 bits per heavy atom. The first-order valence-corrected chi connectivity index (χ1v) is 4.68. The molecule has 1 aromatic heterocycles. The molecular formula is C11H8F2N2O2. The summed E-state index contributed by atoms with van der Waals surface area (Å²) >= 11 is 0. The summed E-state index contributed by atoms with van der Waals surface area (Å²) in [6.07, 6.45) is 0. The Hall–Kier alpha value is -2.37. The fraction of sp³-hybridized carbons (Fsp3) is 0. The number of benzene rings is 1. The van der Waals surface area contributed by atoms with Crippen molar-refractivity contribution in [3.63, 3.8) is 0 Å². The minimum absolute atomic E-state index is 0.0455. The number of hydrogen-bond donors (Lipinski definition) is 2. The summed E-state index contributed by atoms with van der Waals surface area (Å²) < 4.78 is 31.3. The van der Waals surface area contributed by atoms with E-state index in [0.717, 1.165) is 12.1 Å². The number of carbonyl (C=O) groups is 1. The number of carbonyl (C=O) groups excluding carboxylic acids is 1. The van der Waals surface area contributed by atoms with Crippen molar-refractivity contribution in [3.05, 3.63) is 47.7 Å². The largest absolute Gasteiger partial charge is 0.436 e. The molecule has 17 heavy (non-hydrogen) atoms. The quantitative estimate of drug-likeness (QED) is 0.844. The van der Waals surface area contributed by atoms with Gasteiger partial charge in [0.15, 0.2) is 11.6 Å². The summed E-state index contributed by atoms with van der Waals surface area (Å²) in [5.41, 5.74) is 4.75. The highest BCUT2D eigenvalue weighted by Crippen LogP contribution is 2.19. The molecule has 0 radical (unpaired) electrons. The van der Waals surface area contributed by atoms with E-state index >= 15 is 0 Å². The lowest BCUT2D eigenvalue weighted by molar-refractivity contribution is 0.0996. The van der Waals surface area contributed by atoms with Crippen molar-refractivity contribution in [2.45, 2.75) is 0 Å². The first-order valence-electron chi connectivity index (χ1n) is 4.68. The third kappa shape index (κ3) is 2.25. The SMILES string of the molecule is Nc1ccc(C(=O)Nc2c(F)cccc2F)o1.